The molecule has 0 radical (unpaired) electrons. The molecule has 3 nitrogen and oxygen atoms in total. The van der Waals surface area contributed by atoms with Gasteiger partial charge in [0.1, 0.15) is 5.03 Å². The molecular weight excluding hydrogens is 278 g/mol. The lowest BCUT2D eigenvalue weighted by atomic mass is 10.1. The lowest BCUT2D eigenvalue weighted by molar-refractivity contribution is 0.911. The van der Waals surface area contributed by atoms with Gasteiger partial charge in [-0.1, -0.05) is 24.8 Å². The van der Waals surface area contributed by atoms with Crippen molar-refractivity contribution >= 4 is 17.7 Å². The third-order valence-electron chi connectivity index (χ3n) is 3.66. The number of fused-ring (bicyclic) bond motifs is 1. The quantitative estimate of drug-likeness (QED) is 0.838. The molecule has 0 saturated heterocycles. The van der Waals surface area contributed by atoms with Crippen LogP contribution in [0.25, 0.3) is 0 Å². The van der Waals surface area contributed by atoms with Gasteiger partial charge in [0.2, 0.25) is 5.95 Å². The van der Waals surface area contributed by atoms with Crippen LogP contribution in [0.4, 0.5) is 5.95 Å². The Balaban J connectivity index is 1.79. The van der Waals surface area contributed by atoms with Crippen LogP contribution in [0, 0.1) is 6.92 Å². The Hall–Kier alpha value is -1.55. The number of nitrogens with one attached hydrogen (secondary N) is 1. The minimum absolute atomic E-state index is 0.737. The van der Waals surface area contributed by atoms with Crippen LogP contribution in [0.2, 0.25) is 0 Å². The zero-order chi connectivity index (χ0) is 14.7. The van der Waals surface area contributed by atoms with Gasteiger partial charge in [0.05, 0.1) is 0 Å². The van der Waals surface area contributed by atoms with Gasteiger partial charge in [0.15, 0.2) is 0 Å². The van der Waals surface area contributed by atoms with Crippen molar-refractivity contribution < 1.29 is 0 Å². The molecule has 0 atom stereocenters. The predicted octanol–water partition coefficient (Wildman–Crippen LogP) is 4.25. The average Bonchev–Trinajstić information content (AvgIpc) is 2.92. The van der Waals surface area contributed by atoms with Crippen molar-refractivity contribution in [1.29, 1.82) is 0 Å². The fraction of sp³-hybridized carbons (Fsp3) is 0.412. The molecule has 1 aliphatic carbocycles. The van der Waals surface area contributed by atoms with E-state index in [9.17, 15) is 0 Å². The topological polar surface area (TPSA) is 37.8 Å². The third kappa shape index (κ3) is 3.56. The standard InChI is InChI=1S/C17H21N3S/c1-3-9-18-17-19-12(2)10-16(20-17)21-15-8-7-13-5-4-6-14(13)11-15/h7-8,10-11H,3-6,9H2,1-2H3,(H,18,19,20). The van der Waals surface area contributed by atoms with Crippen molar-refractivity contribution in [3.8, 4) is 0 Å². The fourth-order valence-electron chi connectivity index (χ4n) is 2.64. The van der Waals surface area contributed by atoms with Crippen LogP contribution < -0.4 is 5.32 Å². The number of benzene rings is 1. The maximum Gasteiger partial charge on any atom is 0.223 e. The monoisotopic (exact) mass is 299 g/mol. The summed E-state index contributed by atoms with van der Waals surface area (Å²) in [4.78, 5) is 10.3. The number of aryl methyl sites for hydroxylation is 3. The highest BCUT2D eigenvalue weighted by Gasteiger charge is 2.12. The third-order valence-corrected chi connectivity index (χ3v) is 4.56. The summed E-state index contributed by atoms with van der Waals surface area (Å²) in [6, 6.07) is 8.86. The number of aromatic nitrogens is 2. The number of nitrogens with zero attached hydrogens (tertiary/aromatic N) is 2. The van der Waals surface area contributed by atoms with E-state index in [-0.39, 0.29) is 0 Å². The molecule has 1 aliphatic rings. The van der Waals surface area contributed by atoms with Gasteiger partial charge in [-0.25, -0.2) is 9.97 Å². The maximum absolute atomic E-state index is 4.60. The number of hydrogen-bond donors (Lipinski definition) is 1. The summed E-state index contributed by atoms with van der Waals surface area (Å²) >= 11 is 1.72. The molecule has 21 heavy (non-hydrogen) atoms. The summed E-state index contributed by atoms with van der Waals surface area (Å²) in [5.74, 6) is 0.737. The molecule has 3 rings (SSSR count). The second-order valence-corrected chi connectivity index (χ2v) is 6.58. The predicted molar refractivity (Wildman–Crippen MR) is 88.1 cm³/mol. The molecule has 0 unspecified atom stereocenters. The largest absolute Gasteiger partial charge is 0.354 e. The summed E-state index contributed by atoms with van der Waals surface area (Å²) in [6.45, 7) is 5.07. The molecule has 1 N–H and O–H groups in total. The molecule has 1 aromatic carbocycles. The molecule has 0 bridgehead atoms. The number of hydrogen-bond acceptors (Lipinski definition) is 4. The van der Waals surface area contributed by atoms with E-state index in [1.807, 2.05) is 6.92 Å². The van der Waals surface area contributed by atoms with Gasteiger partial charge in [-0.15, -0.1) is 0 Å². The Labute approximate surface area is 130 Å². The van der Waals surface area contributed by atoms with Crippen molar-refractivity contribution in [2.45, 2.75) is 49.5 Å². The minimum Gasteiger partial charge on any atom is -0.354 e. The van der Waals surface area contributed by atoms with E-state index < -0.39 is 0 Å². The van der Waals surface area contributed by atoms with Crippen LogP contribution in [0.15, 0.2) is 34.2 Å². The van der Waals surface area contributed by atoms with Gasteiger partial charge in [-0.3, -0.25) is 0 Å². The lowest BCUT2D eigenvalue weighted by Crippen LogP contribution is -2.05. The Morgan fingerprint density at radius 1 is 1.14 bits per heavy atom. The van der Waals surface area contributed by atoms with Crippen LogP contribution >= 0.6 is 11.8 Å². The van der Waals surface area contributed by atoms with E-state index in [1.54, 1.807) is 11.8 Å². The van der Waals surface area contributed by atoms with E-state index in [2.05, 4.69) is 46.5 Å². The maximum atomic E-state index is 4.60. The normalized spacial score (nSPS) is 13.2. The van der Waals surface area contributed by atoms with Crippen molar-refractivity contribution in [2.75, 3.05) is 11.9 Å². The Morgan fingerprint density at radius 2 is 2.00 bits per heavy atom. The van der Waals surface area contributed by atoms with E-state index in [4.69, 9.17) is 0 Å². The first kappa shape index (κ1) is 14.4. The molecule has 0 spiro atoms. The van der Waals surface area contributed by atoms with Gasteiger partial charge in [-0.2, -0.15) is 0 Å². The molecule has 0 saturated carbocycles. The van der Waals surface area contributed by atoms with Crippen LogP contribution in [0.3, 0.4) is 0 Å². The van der Waals surface area contributed by atoms with Crippen molar-refractivity contribution in [1.82, 2.24) is 9.97 Å². The summed E-state index contributed by atoms with van der Waals surface area (Å²) < 4.78 is 0. The lowest BCUT2D eigenvalue weighted by Gasteiger charge is -2.08. The van der Waals surface area contributed by atoms with Gasteiger partial charge in [-0.05, 0) is 61.9 Å². The Bertz CT molecular complexity index is 640. The summed E-state index contributed by atoms with van der Waals surface area (Å²) in [7, 11) is 0. The molecule has 0 aliphatic heterocycles. The van der Waals surface area contributed by atoms with Crippen LogP contribution in [0.1, 0.15) is 36.6 Å². The molecule has 0 fully saturated rings. The first-order chi connectivity index (χ1) is 10.2. The number of anilines is 1. The first-order valence-electron chi connectivity index (χ1n) is 7.64. The average molecular weight is 299 g/mol. The zero-order valence-electron chi connectivity index (χ0n) is 12.6. The van der Waals surface area contributed by atoms with E-state index in [0.717, 1.165) is 29.6 Å². The van der Waals surface area contributed by atoms with Crippen LogP contribution in [-0.2, 0) is 12.8 Å². The summed E-state index contributed by atoms with van der Waals surface area (Å²) in [5.41, 5.74) is 4.03. The second-order valence-electron chi connectivity index (χ2n) is 5.48. The van der Waals surface area contributed by atoms with Gasteiger partial charge in [0, 0.05) is 17.1 Å². The minimum atomic E-state index is 0.737. The van der Waals surface area contributed by atoms with E-state index >= 15 is 0 Å². The summed E-state index contributed by atoms with van der Waals surface area (Å²) in [6.07, 6.45) is 4.82. The molecule has 110 valence electrons. The first-order valence-corrected chi connectivity index (χ1v) is 8.45. The molecule has 1 aromatic heterocycles. The van der Waals surface area contributed by atoms with Crippen molar-refractivity contribution in [3.05, 3.63) is 41.1 Å². The van der Waals surface area contributed by atoms with E-state index in [1.165, 1.54) is 35.3 Å². The van der Waals surface area contributed by atoms with Crippen molar-refractivity contribution in [3.63, 3.8) is 0 Å². The molecule has 0 amide bonds. The molecule has 2 aromatic rings. The fourth-order valence-corrected chi connectivity index (χ4v) is 3.58. The molecule has 1 heterocycles. The van der Waals surface area contributed by atoms with Gasteiger partial charge in [0.25, 0.3) is 0 Å². The molecule has 4 heteroatoms. The number of rotatable bonds is 5. The Morgan fingerprint density at radius 3 is 2.86 bits per heavy atom. The van der Waals surface area contributed by atoms with Crippen molar-refractivity contribution in [2.24, 2.45) is 0 Å². The van der Waals surface area contributed by atoms with Gasteiger partial charge >= 0.3 is 0 Å². The smallest absolute Gasteiger partial charge is 0.223 e. The molecular formula is C17H21N3S. The van der Waals surface area contributed by atoms with Crippen LogP contribution in [0.5, 0.6) is 0 Å². The second kappa shape index (κ2) is 6.48. The highest BCUT2D eigenvalue weighted by Crippen LogP contribution is 2.31. The SMILES string of the molecule is CCCNc1nc(C)cc(Sc2ccc3c(c2)CCC3)n1. The van der Waals surface area contributed by atoms with Gasteiger partial charge < -0.3 is 5.32 Å². The highest BCUT2D eigenvalue weighted by atomic mass is 32.2. The van der Waals surface area contributed by atoms with Crippen LogP contribution in [-0.4, -0.2) is 16.5 Å². The summed E-state index contributed by atoms with van der Waals surface area (Å²) in [5, 5.41) is 4.28. The highest BCUT2D eigenvalue weighted by molar-refractivity contribution is 7.99. The Kier molecular flexibility index (Phi) is 4.44. The zero-order valence-corrected chi connectivity index (χ0v) is 13.5. The van der Waals surface area contributed by atoms with E-state index in [0.29, 0.717) is 0 Å².